The van der Waals surface area contributed by atoms with Gasteiger partial charge in [-0.15, -0.1) is 0 Å². The van der Waals surface area contributed by atoms with Crippen LogP contribution in [0.1, 0.15) is 46.8 Å². The van der Waals surface area contributed by atoms with Gasteiger partial charge in [0.15, 0.2) is 11.5 Å². The smallest absolute Gasteiger partial charge is 0.290 e. The molecule has 2 aromatic heterocycles. The zero-order chi connectivity index (χ0) is 22.1. The van der Waals surface area contributed by atoms with Gasteiger partial charge in [0, 0.05) is 6.54 Å². The third kappa shape index (κ3) is 3.54. The Morgan fingerprint density at radius 1 is 1.00 bits per heavy atom. The first-order valence-electron chi connectivity index (χ1n) is 10.8. The van der Waals surface area contributed by atoms with Crippen LogP contribution in [0.3, 0.4) is 0 Å². The molecule has 1 amide bonds. The summed E-state index contributed by atoms with van der Waals surface area (Å²) in [5.74, 6) is -1.17. The molecule has 0 spiro atoms. The van der Waals surface area contributed by atoms with Crippen molar-refractivity contribution in [3.8, 4) is 0 Å². The van der Waals surface area contributed by atoms with E-state index in [-0.39, 0.29) is 17.4 Å². The van der Waals surface area contributed by atoms with Gasteiger partial charge in [0.05, 0.1) is 24.1 Å². The molecule has 1 aromatic carbocycles. The van der Waals surface area contributed by atoms with Crippen molar-refractivity contribution >= 4 is 11.7 Å². The van der Waals surface area contributed by atoms with Crippen LogP contribution in [-0.4, -0.2) is 46.2 Å². The van der Waals surface area contributed by atoms with E-state index in [2.05, 4.69) is 4.90 Å². The zero-order valence-electron chi connectivity index (χ0n) is 17.5. The van der Waals surface area contributed by atoms with E-state index in [4.69, 9.17) is 8.83 Å². The number of carbonyl (C=O) groups is 2. The maximum atomic E-state index is 13.3. The molecule has 164 valence electrons. The number of ketones is 1. The monoisotopic (exact) mass is 432 g/mol. The van der Waals surface area contributed by atoms with Crippen molar-refractivity contribution in [2.75, 3.05) is 19.6 Å². The van der Waals surface area contributed by atoms with E-state index >= 15 is 0 Å². The van der Waals surface area contributed by atoms with Crippen LogP contribution < -0.4 is 0 Å². The van der Waals surface area contributed by atoms with Crippen molar-refractivity contribution in [2.45, 2.75) is 24.9 Å². The summed E-state index contributed by atoms with van der Waals surface area (Å²) in [6.07, 6.45) is 5.09. The van der Waals surface area contributed by atoms with E-state index in [1.165, 1.54) is 18.6 Å². The van der Waals surface area contributed by atoms with E-state index < -0.39 is 23.5 Å². The Hall–Kier alpha value is -3.58. The lowest BCUT2D eigenvalue weighted by Gasteiger charge is -2.34. The largest absolute Gasteiger partial charge is 0.503 e. The first kappa shape index (κ1) is 20.3. The Morgan fingerprint density at radius 3 is 2.38 bits per heavy atom. The Labute approximate surface area is 185 Å². The highest BCUT2D eigenvalue weighted by molar-refractivity contribution is 6.14. The average Bonchev–Trinajstić information content (AvgIpc) is 3.62. The van der Waals surface area contributed by atoms with Gasteiger partial charge in [-0.1, -0.05) is 30.3 Å². The fourth-order valence-corrected chi connectivity index (χ4v) is 4.70. The molecule has 2 aliphatic heterocycles. The van der Waals surface area contributed by atoms with E-state index in [0.717, 1.165) is 31.5 Å². The molecule has 32 heavy (non-hydrogen) atoms. The molecule has 5 rings (SSSR count). The van der Waals surface area contributed by atoms with Crippen molar-refractivity contribution in [3.05, 3.63) is 95.5 Å². The molecule has 4 heterocycles. The summed E-state index contributed by atoms with van der Waals surface area (Å²) in [5, 5.41) is 10.8. The Kier molecular flexibility index (Phi) is 5.41. The molecule has 2 aliphatic rings. The lowest BCUT2D eigenvalue weighted by molar-refractivity contribution is -0.130. The van der Waals surface area contributed by atoms with Crippen LogP contribution in [0.15, 0.2) is 87.3 Å². The predicted molar refractivity (Wildman–Crippen MR) is 116 cm³/mol. The number of benzene rings is 1. The van der Waals surface area contributed by atoms with Crippen molar-refractivity contribution in [2.24, 2.45) is 0 Å². The third-order valence-electron chi connectivity index (χ3n) is 6.24. The van der Waals surface area contributed by atoms with Crippen LogP contribution >= 0.6 is 0 Å². The first-order valence-corrected chi connectivity index (χ1v) is 10.8. The summed E-state index contributed by atoms with van der Waals surface area (Å²) < 4.78 is 10.9. The number of hydrogen-bond donors (Lipinski definition) is 1. The van der Waals surface area contributed by atoms with Crippen molar-refractivity contribution in [3.63, 3.8) is 0 Å². The van der Waals surface area contributed by atoms with Crippen molar-refractivity contribution < 1.29 is 23.5 Å². The van der Waals surface area contributed by atoms with Gasteiger partial charge < -0.3 is 18.8 Å². The maximum Gasteiger partial charge on any atom is 0.290 e. The molecule has 1 saturated heterocycles. The van der Waals surface area contributed by atoms with Gasteiger partial charge in [0.1, 0.15) is 11.8 Å². The van der Waals surface area contributed by atoms with Crippen LogP contribution in [-0.2, 0) is 4.79 Å². The molecular weight excluding hydrogens is 408 g/mol. The van der Waals surface area contributed by atoms with E-state index in [1.807, 2.05) is 30.3 Å². The molecule has 7 nitrogen and oxygen atoms in total. The van der Waals surface area contributed by atoms with Crippen molar-refractivity contribution in [1.29, 1.82) is 0 Å². The zero-order valence-corrected chi connectivity index (χ0v) is 17.5. The van der Waals surface area contributed by atoms with Gasteiger partial charge >= 0.3 is 0 Å². The Bertz CT molecular complexity index is 1110. The quantitative estimate of drug-likeness (QED) is 0.561. The van der Waals surface area contributed by atoms with Gasteiger partial charge in [-0.25, -0.2) is 0 Å². The summed E-state index contributed by atoms with van der Waals surface area (Å²) in [4.78, 5) is 30.3. The number of furan rings is 2. The van der Waals surface area contributed by atoms with Crippen LogP contribution in [0.2, 0.25) is 0 Å². The number of likely N-dealkylation sites (tertiary alicyclic amines) is 1. The van der Waals surface area contributed by atoms with Crippen molar-refractivity contribution in [1.82, 2.24) is 9.80 Å². The fraction of sp³-hybridized carbons (Fsp3) is 0.280. The van der Waals surface area contributed by atoms with Gasteiger partial charge in [-0.2, -0.15) is 0 Å². The lowest BCUT2D eigenvalue weighted by atomic mass is 9.98. The summed E-state index contributed by atoms with van der Waals surface area (Å²) in [6, 6.07) is 15.7. The fourth-order valence-electron chi connectivity index (χ4n) is 4.70. The highest BCUT2D eigenvalue weighted by atomic mass is 16.3. The second kappa shape index (κ2) is 8.51. The molecule has 2 unspecified atom stereocenters. The molecular formula is C25H24N2O5. The van der Waals surface area contributed by atoms with Gasteiger partial charge in [0.25, 0.3) is 5.91 Å². The number of nitrogens with zero attached hydrogens (tertiary/aromatic N) is 2. The third-order valence-corrected chi connectivity index (χ3v) is 6.24. The average molecular weight is 432 g/mol. The SMILES string of the molecule is O=C(C1=C(O)C(=O)N(CC(c2ccccc2)N2CCCC2)C1c1ccco1)c1ccco1. The Balaban J connectivity index is 1.54. The minimum Gasteiger partial charge on any atom is -0.503 e. The van der Waals surface area contributed by atoms with E-state index in [9.17, 15) is 14.7 Å². The highest BCUT2D eigenvalue weighted by Gasteiger charge is 2.47. The highest BCUT2D eigenvalue weighted by Crippen LogP contribution is 2.41. The number of hydrogen-bond acceptors (Lipinski definition) is 6. The number of rotatable bonds is 7. The minimum absolute atomic E-state index is 0.0202. The number of carbonyl (C=O) groups excluding carboxylic acids is 2. The summed E-state index contributed by atoms with van der Waals surface area (Å²) in [7, 11) is 0. The van der Waals surface area contributed by atoms with Crippen LogP contribution in [0, 0.1) is 0 Å². The number of aliphatic hydroxyl groups is 1. The second-order valence-corrected chi connectivity index (χ2v) is 8.11. The second-order valence-electron chi connectivity index (χ2n) is 8.11. The number of amides is 1. The van der Waals surface area contributed by atoms with E-state index in [0.29, 0.717) is 12.3 Å². The maximum absolute atomic E-state index is 13.3. The number of Topliss-reactive ketones (excluding diaryl/α,β-unsaturated/α-hetero) is 1. The van der Waals surface area contributed by atoms with Crippen LogP contribution in [0.4, 0.5) is 0 Å². The van der Waals surface area contributed by atoms with Gasteiger partial charge in [0.2, 0.25) is 5.78 Å². The molecule has 2 atom stereocenters. The van der Waals surface area contributed by atoms with Crippen LogP contribution in [0.5, 0.6) is 0 Å². The first-order chi connectivity index (χ1) is 15.6. The van der Waals surface area contributed by atoms with Gasteiger partial charge in [-0.05, 0) is 55.8 Å². The molecule has 0 saturated carbocycles. The molecule has 7 heteroatoms. The molecule has 1 fully saturated rings. The molecule has 0 bridgehead atoms. The van der Waals surface area contributed by atoms with E-state index in [1.54, 1.807) is 23.1 Å². The number of aliphatic hydroxyl groups excluding tert-OH is 1. The Morgan fingerprint density at radius 2 is 1.72 bits per heavy atom. The summed E-state index contributed by atoms with van der Waals surface area (Å²) in [6.45, 7) is 2.18. The summed E-state index contributed by atoms with van der Waals surface area (Å²) in [5.41, 5.74) is 1.07. The van der Waals surface area contributed by atoms with Gasteiger partial charge in [-0.3, -0.25) is 14.5 Å². The molecule has 3 aromatic rings. The predicted octanol–water partition coefficient (Wildman–Crippen LogP) is 4.29. The minimum atomic E-state index is -0.830. The summed E-state index contributed by atoms with van der Waals surface area (Å²) >= 11 is 0. The standard InChI is InChI=1S/C25H24N2O5/c28-23(20-11-7-15-32-20)21-22(19-10-6-14-31-19)27(25(30)24(21)29)16-18(26-12-4-5-13-26)17-8-2-1-3-9-17/h1-3,6-11,14-15,18,22,29H,4-5,12-13,16H2. The molecule has 0 aliphatic carbocycles. The van der Waals surface area contributed by atoms with Crippen LogP contribution in [0.25, 0.3) is 0 Å². The molecule has 0 radical (unpaired) electrons. The topological polar surface area (TPSA) is 87.1 Å². The molecule has 1 N–H and O–H groups in total. The lowest BCUT2D eigenvalue weighted by Crippen LogP contribution is -2.40. The normalized spacial score (nSPS) is 20.3.